The van der Waals surface area contributed by atoms with Gasteiger partial charge in [-0.1, -0.05) is 18.7 Å². The van der Waals surface area contributed by atoms with Crippen LogP contribution < -0.4 is 10.1 Å². The van der Waals surface area contributed by atoms with Crippen molar-refractivity contribution in [3.05, 3.63) is 88.7 Å². The Morgan fingerprint density at radius 3 is 2.65 bits per heavy atom. The molecule has 37 heavy (non-hydrogen) atoms. The third kappa shape index (κ3) is 6.24. The first kappa shape index (κ1) is 26.9. The fraction of sp³-hybridized carbons (Fsp3) is 0.379. The van der Waals surface area contributed by atoms with Crippen LogP contribution in [0.2, 0.25) is 0 Å². The molecule has 2 fully saturated rings. The summed E-state index contributed by atoms with van der Waals surface area (Å²) >= 11 is 0. The van der Waals surface area contributed by atoms with Crippen molar-refractivity contribution in [1.29, 1.82) is 0 Å². The summed E-state index contributed by atoms with van der Waals surface area (Å²) < 4.78 is 82.2. The van der Waals surface area contributed by atoms with Crippen LogP contribution in [0.4, 0.5) is 22.0 Å². The van der Waals surface area contributed by atoms with Crippen LogP contribution >= 0.6 is 0 Å². The first-order valence-corrected chi connectivity index (χ1v) is 12.3. The zero-order chi connectivity index (χ0) is 26.7. The lowest BCUT2D eigenvalue weighted by molar-refractivity contribution is -0.137. The van der Waals surface area contributed by atoms with Crippen LogP contribution in [0.5, 0.6) is 5.75 Å². The maximum atomic E-state index is 15.0. The quantitative estimate of drug-likeness (QED) is 0.199. The van der Waals surface area contributed by atoms with Crippen molar-refractivity contribution in [1.82, 2.24) is 5.32 Å². The molecule has 2 aromatic carbocycles. The molecule has 1 unspecified atom stereocenters. The van der Waals surface area contributed by atoms with Crippen molar-refractivity contribution >= 4 is 0 Å². The van der Waals surface area contributed by atoms with E-state index in [1.807, 2.05) is 13.0 Å². The van der Waals surface area contributed by atoms with Gasteiger partial charge in [-0.25, -0.2) is 8.78 Å². The maximum absolute atomic E-state index is 15.0. The molecule has 2 aliphatic rings. The van der Waals surface area contributed by atoms with Gasteiger partial charge in [-0.2, -0.15) is 13.2 Å². The van der Waals surface area contributed by atoms with E-state index in [9.17, 15) is 17.6 Å². The number of nitrogens with one attached hydrogen (secondary N) is 1. The molecular formula is C29H30F5NO2. The number of rotatable bonds is 10. The number of ether oxygens (including phenoxy) is 2. The molecule has 3 nitrogen and oxygen atoms in total. The molecule has 2 aliphatic carbocycles. The topological polar surface area (TPSA) is 30.5 Å². The standard InChI is InChI=1S/C29H30F5NO2/c1-4-23-19(12-20-13-24(20)23)10-17(2)37-16-21-11-18(6-7-26(21)30)28-25(29(32,33)34)14-22(15-27(28)31)36-9-5-8-35-3/h4,6-7,10-11,14-15,20,24,35H,2,5,8-9,12-13,16H2,1,3H3/b19-10-,23-4+/t20-,24?/m0/s1. The Labute approximate surface area is 213 Å². The van der Waals surface area contributed by atoms with Gasteiger partial charge in [-0.15, -0.1) is 0 Å². The lowest BCUT2D eigenvalue weighted by Gasteiger charge is -2.17. The first-order chi connectivity index (χ1) is 17.6. The Kier molecular flexibility index (Phi) is 8.07. The van der Waals surface area contributed by atoms with Gasteiger partial charge in [-0.3, -0.25) is 0 Å². The molecule has 198 valence electrons. The highest BCUT2D eigenvalue weighted by Crippen LogP contribution is 2.57. The van der Waals surface area contributed by atoms with E-state index in [1.165, 1.54) is 18.1 Å². The summed E-state index contributed by atoms with van der Waals surface area (Å²) in [6.07, 6.45) is 1.76. The fourth-order valence-electron chi connectivity index (χ4n) is 4.90. The van der Waals surface area contributed by atoms with Crippen LogP contribution in [0.3, 0.4) is 0 Å². The monoisotopic (exact) mass is 519 g/mol. The largest absolute Gasteiger partial charge is 0.493 e. The third-order valence-electron chi connectivity index (χ3n) is 6.78. The molecule has 1 N–H and O–H groups in total. The summed E-state index contributed by atoms with van der Waals surface area (Å²) in [4.78, 5) is 0. The number of allylic oxidation sites excluding steroid dienone is 4. The minimum absolute atomic E-state index is 0.00232. The third-order valence-corrected chi connectivity index (χ3v) is 6.78. The average molecular weight is 520 g/mol. The fourth-order valence-corrected chi connectivity index (χ4v) is 4.90. The minimum atomic E-state index is -4.85. The van der Waals surface area contributed by atoms with Gasteiger partial charge in [0.2, 0.25) is 0 Å². The van der Waals surface area contributed by atoms with Gasteiger partial charge in [-0.05, 0) is 92.6 Å². The maximum Gasteiger partial charge on any atom is 0.417 e. The number of hydrogen-bond acceptors (Lipinski definition) is 3. The summed E-state index contributed by atoms with van der Waals surface area (Å²) in [6, 6.07) is 5.01. The number of alkyl halides is 3. The van der Waals surface area contributed by atoms with Crippen LogP contribution in [0.25, 0.3) is 11.1 Å². The van der Waals surface area contributed by atoms with Crippen molar-refractivity contribution in [3.8, 4) is 16.9 Å². The molecule has 0 radical (unpaired) electrons. The van der Waals surface area contributed by atoms with Crippen molar-refractivity contribution in [3.63, 3.8) is 0 Å². The zero-order valence-corrected chi connectivity index (χ0v) is 20.9. The molecule has 0 aromatic heterocycles. The normalized spacial score (nSPS) is 20.8. The Morgan fingerprint density at radius 2 is 1.95 bits per heavy atom. The summed E-state index contributed by atoms with van der Waals surface area (Å²) in [5.74, 6) is -0.390. The predicted octanol–water partition coefficient (Wildman–Crippen LogP) is 7.58. The van der Waals surface area contributed by atoms with E-state index >= 15 is 4.39 Å². The average Bonchev–Trinajstić information content (AvgIpc) is 3.51. The Hall–Kier alpha value is -3.13. The highest BCUT2D eigenvalue weighted by molar-refractivity contribution is 5.70. The van der Waals surface area contributed by atoms with Gasteiger partial charge < -0.3 is 14.8 Å². The number of benzene rings is 2. The highest BCUT2D eigenvalue weighted by Gasteiger charge is 2.46. The molecule has 2 aromatic rings. The molecular weight excluding hydrogens is 489 g/mol. The summed E-state index contributed by atoms with van der Waals surface area (Å²) in [7, 11) is 1.74. The van der Waals surface area contributed by atoms with Gasteiger partial charge in [0.25, 0.3) is 0 Å². The van der Waals surface area contributed by atoms with Gasteiger partial charge in [0.1, 0.15) is 29.8 Å². The predicted molar refractivity (Wildman–Crippen MR) is 133 cm³/mol. The number of halogens is 5. The molecule has 2 saturated carbocycles. The van der Waals surface area contributed by atoms with E-state index in [1.54, 1.807) is 7.05 Å². The zero-order valence-electron chi connectivity index (χ0n) is 20.9. The molecule has 0 amide bonds. The number of fused-ring (bicyclic) bond motifs is 1. The van der Waals surface area contributed by atoms with Gasteiger partial charge >= 0.3 is 6.18 Å². The molecule has 0 saturated heterocycles. The molecule has 8 heteroatoms. The second kappa shape index (κ2) is 11.1. The molecule has 4 rings (SSSR count). The number of hydrogen-bond donors (Lipinski definition) is 1. The lowest BCUT2D eigenvalue weighted by Crippen LogP contribution is -2.13. The molecule has 0 spiro atoms. The van der Waals surface area contributed by atoms with Crippen LogP contribution in [-0.4, -0.2) is 20.2 Å². The Bertz CT molecular complexity index is 1230. The smallest absolute Gasteiger partial charge is 0.417 e. The Balaban J connectivity index is 1.55. The van der Waals surface area contributed by atoms with Gasteiger partial charge in [0.15, 0.2) is 0 Å². The molecule has 0 bridgehead atoms. The van der Waals surface area contributed by atoms with E-state index in [0.29, 0.717) is 30.6 Å². The molecule has 2 atom stereocenters. The Morgan fingerprint density at radius 1 is 1.16 bits per heavy atom. The van der Waals surface area contributed by atoms with E-state index in [2.05, 4.69) is 18.0 Å². The van der Waals surface area contributed by atoms with Crippen LogP contribution in [-0.2, 0) is 17.5 Å². The summed E-state index contributed by atoms with van der Waals surface area (Å²) in [5.41, 5.74) is 0.461. The van der Waals surface area contributed by atoms with Crippen LogP contribution in [0.15, 0.2) is 66.0 Å². The summed E-state index contributed by atoms with van der Waals surface area (Å²) in [5, 5.41) is 2.90. The van der Waals surface area contributed by atoms with Crippen molar-refractivity contribution < 1.29 is 31.4 Å². The van der Waals surface area contributed by atoms with E-state index in [-0.39, 0.29) is 30.1 Å². The molecule has 0 heterocycles. The SMILES string of the molecule is C=C(/C=C1/C[C@H]2CC2/C1=C/C)OCc1cc(-c2c(F)cc(OCCCNC)cc2C(F)(F)F)ccc1F. The van der Waals surface area contributed by atoms with E-state index in [0.717, 1.165) is 36.3 Å². The second-order valence-corrected chi connectivity index (χ2v) is 9.41. The lowest BCUT2D eigenvalue weighted by atomic mass is 9.96. The van der Waals surface area contributed by atoms with Crippen LogP contribution in [0, 0.1) is 23.5 Å². The van der Waals surface area contributed by atoms with Crippen LogP contribution in [0.1, 0.15) is 37.3 Å². The minimum Gasteiger partial charge on any atom is -0.493 e. The van der Waals surface area contributed by atoms with Crippen molar-refractivity contribution in [2.24, 2.45) is 11.8 Å². The summed E-state index contributed by atoms with van der Waals surface area (Å²) in [6.45, 7) is 6.36. The highest BCUT2D eigenvalue weighted by atomic mass is 19.4. The van der Waals surface area contributed by atoms with Gasteiger partial charge in [0.05, 0.1) is 12.2 Å². The van der Waals surface area contributed by atoms with E-state index in [4.69, 9.17) is 9.47 Å². The second-order valence-electron chi connectivity index (χ2n) is 9.41. The molecule has 0 aliphatic heterocycles. The first-order valence-electron chi connectivity index (χ1n) is 12.3. The van der Waals surface area contributed by atoms with Crippen molar-refractivity contribution in [2.45, 2.75) is 39.0 Å². The van der Waals surface area contributed by atoms with Gasteiger partial charge in [0, 0.05) is 17.2 Å². The van der Waals surface area contributed by atoms with E-state index < -0.39 is 28.9 Å². The van der Waals surface area contributed by atoms with Crippen molar-refractivity contribution in [2.75, 3.05) is 20.2 Å².